The van der Waals surface area contributed by atoms with Crippen LogP contribution in [0, 0.1) is 17.8 Å². The summed E-state index contributed by atoms with van der Waals surface area (Å²) in [6, 6.07) is 4.83. The zero-order valence-electron chi connectivity index (χ0n) is 43.0. The Morgan fingerprint density at radius 2 is 1.54 bits per heavy atom. The maximum absolute atomic E-state index is 14.8. The minimum absolute atomic E-state index is 0.0264. The lowest BCUT2D eigenvalue weighted by Gasteiger charge is -2.40. The molecular weight excluding hydrogens is 921 g/mol. The standard InChI is InChI=1S/C50H84N8O11S/c1-9-20-58(49(63)44(35(6)11-3)54-47(62)41-14-12-13-21-57(41)8)42(34(4)5)32-43(68-22-10-2)48-53-40(33-70-48)46(61)52-38(31-37-15-17-39(59)18-16-37)30-36(7)45(60)55-56-50(64)69-29-28-67-27-26-66-25-24-65-23-19-51/h15-18,33-36,38,41-44,59H,9-14,19-32,51H2,1-8H3,(H,52,61)(H,54,62)(H,55,60)(H,56,64). The van der Waals surface area contributed by atoms with Crippen molar-refractivity contribution in [3.63, 3.8) is 0 Å². The zero-order valence-corrected chi connectivity index (χ0v) is 43.8. The number of carbonyl (C=O) groups excluding carboxylic acids is 5. The number of aromatic nitrogens is 1. The van der Waals surface area contributed by atoms with Crippen LogP contribution < -0.4 is 27.2 Å². The molecule has 5 amide bonds. The number of hydrogen-bond donors (Lipinski definition) is 6. The summed E-state index contributed by atoms with van der Waals surface area (Å²) in [6.45, 7) is 18.3. The molecular formula is C50H84N8O11S. The summed E-state index contributed by atoms with van der Waals surface area (Å²) in [5, 5.41) is 18.5. The van der Waals surface area contributed by atoms with E-state index in [1.807, 2.05) is 39.6 Å². The van der Waals surface area contributed by atoms with Crippen LogP contribution in [0.25, 0.3) is 0 Å². The lowest BCUT2D eigenvalue weighted by atomic mass is 9.92. The number of nitrogens with two attached hydrogens (primary N) is 1. The smallest absolute Gasteiger partial charge is 0.426 e. The summed E-state index contributed by atoms with van der Waals surface area (Å²) < 4.78 is 27.6. The van der Waals surface area contributed by atoms with Gasteiger partial charge in [-0.3, -0.25) is 29.5 Å². The maximum atomic E-state index is 14.8. The lowest BCUT2D eigenvalue weighted by Crippen LogP contribution is -2.58. The Hall–Kier alpha value is -4.44. The average molecular weight is 1010 g/mol. The Bertz CT molecular complexity index is 1840. The molecule has 0 saturated carbocycles. The molecule has 1 aliphatic rings. The minimum atomic E-state index is -0.863. The molecule has 0 radical (unpaired) electrons. The van der Waals surface area contributed by atoms with Crippen molar-refractivity contribution in [2.75, 3.05) is 79.5 Å². The normalized spacial score (nSPS) is 16.6. The van der Waals surface area contributed by atoms with E-state index in [1.165, 1.54) is 11.3 Å². The second kappa shape index (κ2) is 33.3. The van der Waals surface area contributed by atoms with Gasteiger partial charge in [-0.25, -0.2) is 15.2 Å². The van der Waals surface area contributed by atoms with E-state index in [4.69, 9.17) is 34.4 Å². The largest absolute Gasteiger partial charge is 0.508 e. The van der Waals surface area contributed by atoms with Crippen molar-refractivity contribution in [2.24, 2.45) is 23.5 Å². The number of amides is 5. The van der Waals surface area contributed by atoms with Gasteiger partial charge in [-0.1, -0.05) is 73.4 Å². The third-order valence-corrected chi connectivity index (χ3v) is 13.3. The van der Waals surface area contributed by atoms with Crippen LogP contribution in [0.5, 0.6) is 5.75 Å². The number of phenols is 1. The van der Waals surface area contributed by atoms with Crippen LogP contribution in [0.15, 0.2) is 29.6 Å². The van der Waals surface area contributed by atoms with Crippen molar-refractivity contribution in [1.29, 1.82) is 0 Å². The summed E-state index contributed by atoms with van der Waals surface area (Å²) in [5.41, 5.74) is 11.0. The molecule has 2 heterocycles. The Morgan fingerprint density at radius 3 is 2.16 bits per heavy atom. The number of piperidine rings is 1. The Morgan fingerprint density at radius 1 is 0.871 bits per heavy atom. The fourth-order valence-electron chi connectivity index (χ4n) is 8.21. The molecule has 0 spiro atoms. The maximum Gasteiger partial charge on any atom is 0.426 e. The lowest BCUT2D eigenvalue weighted by molar-refractivity contribution is -0.143. The van der Waals surface area contributed by atoms with E-state index in [0.29, 0.717) is 77.0 Å². The van der Waals surface area contributed by atoms with Gasteiger partial charge in [0.1, 0.15) is 35.2 Å². The molecule has 20 heteroatoms. The number of nitrogens with zero attached hydrogens (tertiary/aromatic N) is 3. The van der Waals surface area contributed by atoms with E-state index in [-0.39, 0.29) is 66.8 Å². The number of hydrazine groups is 1. The van der Waals surface area contributed by atoms with Gasteiger partial charge in [0.05, 0.1) is 45.7 Å². The van der Waals surface area contributed by atoms with Crippen molar-refractivity contribution in [3.8, 4) is 5.75 Å². The molecule has 19 nitrogen and oxygen atoms in total. The highest BCUT2D eigenvalue weighted by Crippen LogP contribution is 2.32. The van der Waals surface area contributed by atoms with E-state index in [0.717, 1.165) is 44.2 Å². The van der Waals surface area contributed by atoms with Crippen molar-refractivity contribution in [3.05, 3.63) is 45.9 Å². The number of likely N-dealkylation sites (tertiary alicyclic amines) is 1. The van der Waals surface area contributed by atoms with Crippen LogP contribution in [0.3, 0.4) is 0 Å². The topological polar surface area (TPSA) is 245 Å². The van der Waals surface area contributed by atoms with Gasteiger partial charge in [-0.05, 0) is 81.6 Å². The van der Waals surface area contributed by atoms with Crippen molar-refractivity contribution < 1.29 is 52.8 Å². The van der Waals surface area contributed by atoms with Gasteiger partial charge in [0.2, 0.25) is 17.7 Å². The van der Waals surface area contributed by atoms with Gasteiger partial charge < -0.3 is 50.1 Å². The third-order valence-electron chi connectivity index (χ3n) is 12.4. The van der Waals surface area contributed by atoms with Crippen LogP contribution in [0.4, 0.5) is 4.79 Å². The first-order valence-electron chi connectivity index (χ1n) is 25.3. The molecule has 396 valence electrons. The van der Waals surface area contributed by atoms with Crippen molar-refractivity contribution in [2.45, 2.75) is 137 Å². The Kier molecular flexibility index (Phi) is 28.4. The Labute approximate surface area is 420 Å². The first-order valence-corrected chi connectivity index (χ1v) is 26.1. The fourth-order valence-corrected chi connectivity index (χ4v) is 9.07. The number of rotatable bonds is 33. The van der Waals surface area contributed by atoms with Gasteiger partial charge in [-0.2, -0.15) is 0 Å². The predicted octanol–water partition coefficient (Wildman–Crippen LogP) is 5.12. The number of hydrogen-bond acceptors (Lipinski definition) is 15. The number of thiazole rings is 1. The highest BCUT2D eigenvalue weighted by atomic mass is 32.1. The number of benzene rings is 1. The number of ether oxygens (including phenoxy) is 5. The molecule has 1 fully saturated rings. The summed E-state index contributed by atoms with van der Waals surface area (Å²) in [7, 11) is 1.97. The third kappa shape index (κ3) is 21.1. The molecule has 7 N–H and O–H groups in total. The highest BCUT2D eigenvalue weighted by Gasteiger charge is 2.38. The molecule has 1 aromatic heterocycles. The molecule has 1 aliphatic heterocycles. The van der Waals surface area contributed by atoms with E-state index in [1.54, 1.807) is 36.6 Å². The monoisotopic (exact) mass is 1000 g/mol. The van der Waals surface area contributed by atoms with Gasteiger partial charge in [0.15, 0.2) is 0 Å². The molecule has 7 unspecified atom stereocenters. The molecule has 70 heavy (non-hydrogen) atoms. The summed E-state index contributed by atoms with van der Waals surface area (Å²) in [4.78, 5) is 76.8. The van der Waals surface area contributed by atoms with Crippen LogP contribution in [-0.2, 0) is 44.5 Å². The quantitative estimate of drug-likeness (QED) is 0.0402. The molecule has 2 aromatic rings. The highest BCUT2D eigenvalue weighted by molar-refractivity contribution is 7.09. The number of aromatic hydroxyl groups is 1. The number of phenolic OH excluding ortho intramolecular Hbond substituents is 1. The number of nitrogens with one attached hydrogen (secondary N) is 4. The number of carbonyl (C=O) groups is 5. The molecule has 3 rings (SSSR count). The van der Waals surface area contributed by atoms with E-state index in [2.05, 4.69) is 40.2 Å². The molecule has 1 saturated heterocycles. The molecule has 0 aliphatic carbocycles. The van der Waals surface area contributed by atoms with Crippen LogP contribution in [-0.4, -0.2) is 153 Å². The van der Waals surface area contributed by atoms with E-state index < -0.39 is 42.0 Å². The minimum Gasteiger partial charge on any atom is -0.508 e. The van der Waals surface area contributed by atoms with Crippen LogP contribution >= 0.6 is 11.3 Å². The summed E-state index contributed by atoms with van der Waals surface area (Å²) in [5.74, 6) is -1.79. The fraction of sp³-hybridized carbons (Fsp3) is 0.720. The second-order valence-electron chi connectivity index (χ2n) is 18.4. The van der Waals surface area contributed by atoms with Crippen LogP contribution in [0.2, 0.25) is 0 Å². The van der Waals surface area contributed by atoms with Crippen molar-refractivity contribution >= 4 is 41.1 Å². The van der Waals surface area contributed by atoms with Gasteiger partial charge >= 0.3 is 6.09 Å². The first-order chi connectivity index (χ1) is 33.6. The van der Waals surface area contributed by atoms with E-state index >= 15 is 0 Å². The van der Waals surface area contributed by atoms with Crippen molar-refractivity contribution in [1.82, 2.24) is 36.3 Å². The average Bonchev–Trinajstić information content (AvgIpc) is 3.84. The number of likely N-dealkylation sites (N-methyl/N-ethyl adjacent to an activating group) is 1. The Balaban J connectivity index is 1.71. The second-order valence-corrected chi connectivity index (χ2v) is 19.3. The first kappa shape index (κ1) is 59.9. The van der Waals surface area contributed by atoms with E-state index in [9.17, 15) is 29.1 Å². The zero-order chi connectivity index (χ0) is 51.4. The molecule has 0 bridgehead atoms. The molecule has 1 aromatic carbocycles. The molecule has 7 atom stereocenters. The SMILES string of the molecule is CCCOC(CC(C(C)C)N(CCC)C(=O)C(NC(=O)C1CCCCN1C)C(C)CC)c1nc(C(=O)NC(Cc2ccc(O)cc2)CC(C)C(=O)NNC(=O)OCCOCCOCCOCCN)cs1. The van der Waals surface area contributed by atoms with Gasteiger partial charge in [0, 0.05) is 49.5 Å². The predicted molar refractivity (Wildman–Crippen MR) is 269 cm³/mol. The van der Waals surface area contributed by atoms with Crippen LogP contribution in [0.1, 0.15) is 127 Å². The summed E-state index contributed by atoms with van der Waals surface area (Å²) in [6.07, 6.45) is 4.53. The summed E-state index contributed by atoms with van der Waals surface area (Å²) >= 11 is 1.31. The van der Waals surface area contributed by atoms with Gasteiger partial charge in [0.25, 0.3) is 5.91 Å². The van der Waals surface area contributed by atoms with Gasteiger partial charge in [-0.15, -0.1) is 11.3 Å².